The number of aliphatic hydroxyl groups is 1. The molecule has 0 aromatic carbocycles. The van der Waals surface area contributed by atoms with Crippen LogP contribution in [0.2, 0.25) is 0 Å². The number of ether oxygens (including phenoxy) is 3. The first-order valence-corrected chi connectivity index (χ1v) is 26.7. The van der Waals surface area contributed by atoms with Crippen molar-refractivity contribution in [2.75, 3.05) is 26.4 Å². The Labute approximate surface area is 389 Å². The Balaban J connectivity index is 4.77. The van der Waals surface area contributed by atoms with Crippen LogP contribution < -0.4 is 0 Å². The van der Waals surface area contributed by atoms with Gasteiger partial charge in [0, 0.05) is 19.3 Å². The molecule has 64 heavy (non-hydrogen) atoms. The van der Waals surface area contributed by atoms with Crippen LogP contribution in [0, 0.1) is 0 Å². The van der Waals surface area contributed by atoms with Crippen LogP contribution in [-0.2, 0) is 42.2 Å². The molecule has 0 saturated heterocycles. The van der Waals surface area contributed by atoms with Crippen LogP contribution in [0.5, 0.6) is 0 Å². The fourth-order valence-electron chi connectivity index (χ4n) is 6.47. The maximum Gasteiger partial charge on any atom is 0.472 e. The van der Waals surface area contributed by atoms with E-state index < -0.39 is 57.8 Å². The number of aliphatic hydroxyl groups excluding tert-OH is 1. The Kier molecular flexibility index (Phi) is 44.6. The molecule has 0 saturated carbocycles. The van der Waals surface area contributed by atoms with Gasteiger partial charge >= 0.3 is 25.7 Å². The zero-order valence-corrected chi connectivity index (χ0v) is 41.4. The first-order valence-electron chi connectivity index (χ1n) is 25.2. The van der Waals surface area contributed by atoms with Crippen LogP contribution >= 0.6 is 7.82 Å². The molecule has 0 radical (unpaired) electrons. The van der Waals surface area contributed by atoms with Crippen LogP contribution in [0.1, 0.15) is 213 Å². The molecule has 0 aromatic heterocycles. The maximum atomic E-state index is 12.8. The first kappa shape index (κ1) is 61.2. The van der Waals surface area contributed by atoms with Crippen molar-refractivity contribution in [1.29, 1.82) is 0 Å². The Hall–Kier alpha value is -2.82. The summed E-state index contributed by atoms with van der Waals surface area (Å²) in [5, 5.41) is 9.76. The van der Waals surface area contributed by atoms with Gasteiger partial charge < -0.3 is 24.2 Å². The Morgan fingerprint density at radius 2 is 0.797 bits per heavy atom. The molecule has 3 unspecified atom stereocenters. The Morgan fingerprint density at radius 1 is 0.438 bits per heavy atom. The summed E-state index contributed by atoms with van der Waals surface area (Å²) in [5.41, 5.74) is 0. The molecule has 0 aromatic rings. The van der Waals surface area contributed by atoms with Gasteiger partial charge in [0.1, 0.15) is 12.7 Å². The summed E-state index contributed by atoms with van der Waals surface area (Å²) in [6.07, 6.45) is 47.6. The number of hydrogen-bond acceptors (Lipinski definition) is 10. The Bertz CT molecular complexity index is 1310. The van der Waals surface area contributed by atoms with Gasteiger partial charge in [0.25, 0.3) is 0 Å². The summed E-state index contributed by atoms with van der Waals surface area (Å²) in [4.78, 5) is 48.2. The second-order valence-electron chi connectivity index (χ2n) is 16.6. The van der Waals surface area contributed by atoms with Crippen molar-refractivity contribution in [2.45, 2.75) is 226 Å². The highest BCUT2D eigenvalue weighted by molar-refractivity contribution is 7.47. The monoisotopic (exact) mass is 923 g/mol. The van der Waals surface area contributed by atoms with Crippen molar-refractivity contribution in [1.82, 2.24) is 0 Å². The summed E-state index contributed by atoms with van der Waals surface area (Å²) >= 11 is 0. The Morgan fingerprint density at radius 3 is 1.23 bits per heavy atom. The molecule has 0 rings (SSSR count). The zero-order chi connectivity index (χ0) is 47.0. The molecular formula is C52H91O11P. The van der Waals surface area contributed by atoms with Gasteiger partial charge in [0.15, 0.2) is 6.10 Å². The van der Waals surface area contributed by atoms with Crippen molar-refractivity contribution >= 4 is 25.7 Å². The van der Waals surface area contributed by atoms with E-state index in [1.54, 1.807) is 0 Å². The predicted octanol–water partition coefficient (Wildman–Crippen LogP) is 14.0. The van der Waals surface area contributed by atoms with E-state index in [1.807, 2.05) is 0 Å². The molecule has 370 valence electrons. The van der Waals surface area contributed by atoms with Crippen LogP contribution in [0.4, 0.5) is 0 Å². The summed E-state index contributed by atoms with van der Waals surface area (Å²) in [6, 6.07) is 0. The summed E-state index contributed by atoms with van der Waals surface area (Å²) in [6.45, 7) is 4.41. The molecule has 0 amide bonds. The number of phosphoric acid groups is 1. The summed E-state index contributed by atoms with van der Waals surface area (Å²) < 4.78 is 39.2. The fourth-order valence-corrected chi connectivity index (χ4v) is 7.25. The molecule has 0 bridgehead atoms. The molecule has 12 heteroatoms. The van der Waals surface area contributed by atoms with Crippen LogP contribution in [0.25, 0.3) is 0 Å². The van der Waals surface area contributed by atoms with Gasteiger partial charge in [-0.2, -0.15) is 0 Å². The second-order valence-corrected chi connectivity index (χ2v) is 18.1. The largest absolute Gasteiger partial charge is 0.472 e. The van der Waals surface area contributed by atoms with Gasteiger partial charge in [-0.1, -0.05) is 165 Å². The van der Waals surface area contributed by atoms with E-state index in [9.17, 15) is 28.9 Å². The lowest BCUT2D eigenvalue weighted by atomic mass is 10.1. The van der Waals surface area contributed by atoms with Gasteiger partial charge in [-0.05, 0) is 89.9 Å². The average molecular weight is 923 g/mol. The van der Waals surface area contributed by atoms with Crippen molar-refractivity contribution in [3.8, 4) is 0 Å². The van der Waals surface area contributed by atoms with E-state index in [-0.39, 0.29) is 25.9 Å². The van der Waals surface area contributed by atoms with Gasteiger partial charge in [-0.15, -0.1) is 0 Å². The van der Waals surface area contributed by atoms with Crippen molar-refractivity contribution in [3.63, 3.8) is 0 Å². The quantitative estimate of drug-likeness (QED) is 0.0197. The van der Waals surface area contributed by atoms with Gasteiger partial charge in [0.2, 0.25) is 0 Å². The molecule has 0 aliphatic rings. The minimum atomic E-state index is -4.75. The third-order valence-corrected chi connectivity index (χ3v) is 11.3. The van der Waals surface area contributed by atoms with E-state index in [2.05, 4.69) is 81.5 Å². The van der Waals surface area contributed by atoms with Crippen LogP contribution in [-0.4, -0.2) is 66.5 Å². The number of phosphoric ester groups is 1. The number of esters is 3. The van der Waals surface area contributed by atoms with Gasteiger partial charge in [-0.25, -0.2) is 4.57 Å². The van der Waals surface area contributed by atoms with Crippen LogP contribution in [0.3, 0.4) is 0 Å². The number of carbonyl (C=O) groups excluding carboxylic acids is 3. The lowest BCUT2D eigenvalue weighted by molar-refractivity contribution is -0.161. The number of carbonyl (C=O) groups is 3. The minimum absolute atomic E-state index is 0.148. The van der Waals surface area contributed by atoms with Crippen molar-refractivity contribution in [3.05, 3.63) is 60.8 Å². The molecule has 3 atom stereocenters. The minimum Gasteiger partial charge on any atom is -0.462 e. The first-order chi connectivity index (χ1) is 31.2. The summed E-state index contributed by atoms with van der Waals surface area (Å²) in [5.74, 6) is -1.51. The fraction of sp³-hybridized carbons (Fsp3) is 0.750. The molecule has 11 nitrogen and oxygen atoms in total. The maximum absolute atomic E-state index is 12.8. The molecule has 0 spiro atoms. The third kappa shape index (κ3) is 44.4. The predicted molar refractivity (Wildman–Crippen MR) is 261 cm³/mol. The molecular weight excluding hydrogens is 832 g/mol. The SMILES string of the molecule is CCC/C=C\C/C=C\CCCCCCCC(=O)OC(CO)COP(=O)(O)OCC(COC(=O)CCCCCCC/C=C\CCCC)OC(=O)CCCCCCC/C=C\C/C=C\CCC. The van der Waals surface area contributed by atoms with Gasteiger partial charge in [-0.3, -0.25) is 23.4 Å². The topological polar surface area (TPSA) is 155 Å². The smallest absolute Gasteiger partial charge is 0.462 e. The molecule has 0 fully saturated rings. The zero-order valence-electron chi connectivity index (χ0n) is 40.5. The number of unbranched alkanes of at least 4 members (excludes halogenated alkanes) is 19. The lowest BCUT2D eigenvalue weighted by Crippen LogP contribution is -2.30. The standard InChI is InChI=1S/C52H91O11P/c1-4-7-10-13-16-19-22-24-27-30-33-36-39-42-51(55)62-48(44-53)46-60-64(57,58)61-47-49(45-59-50(54)41-38-35-32-29-26-21-18-15-12-9-6-3)63-52(56)43-40-37-34-31-28-25-23-20-17-14-11-8-5-2/h10-11,13-15,18-20,22-23,48-49,53H,4-9,12,16-17,21,24-47H2,1-3H3,(H,57,58)/b13-10-,14-11-,18-15-,22-19-,23-20-. The number of allylic oxidation sites excluding steroid dienone is 10. The lowest BCUT2D eigenvalue weighted by Gasteiger charge is -2.21. The number of rotatable bonds is 46. The average Bonchev–Trinajstić information content (AvgIpc) is 3.28. The van der Waals surface area contributed by atoms with E-state index >= 15 is 0 Å². The highest BCUT2D eigenvalue weighted by Crippen LogP contribution is 2.43. The summed E-state index contributed by atoms with van der Waals surface area (Å²) in [7, 11) is -4.75. The highest BCUT2D eigenvalue weighted by atomic mass is 31.2. The van der Waals surface area contributed by atoms with E-state index in [4.69, 9.17) is 23.3 Å². The second kappa shape index (κ2) is 46.7. The van der Waals surface area contributed by atoms with Gasteiger partial charge in [0.05, 0.1) is 19.8 Å². The van der Waals surface area contributed by atoms with Crippen molar-refractivity contribution < 1.29 is 52.2 Å². The van der Waals surface area contributed by atoms with E-state index in [1.165, 1.54) is 19.3 Å². The molecule has 0 heterocycles. The highest BCUT2D eigenvalue weighted by Gasteiger charge is 2.28. The molecule has 0 aliphatic heterocycles. The number of hydrogen-bond donors (Lipinski definition) is 2. The van der Waals surface area contributed by atoms with E-state index in [0.717, 1.165) is 135 Å². The van der Waals surface area contributed by atoms with Crippen molar-refractivity contribution in [2.24, 2.45) is 0 Å². The van der Waals surface area contributed by atoms with Crippen LogP contribution in [0.15, 0.2) is 60.8 Å². The van der Waals surface area contributed by atoms with E-state index in [0.29, 0.717) is 19.3 Å². The molecule has 2 N–H and O–H groups in total. The third-order valence-electron chi connectivity index (χ3n) is 10.3. The normalized spacial score (nSPS) is 14.0. The molecule has 0 aliphatic carbocycles.